The van der Waals surface area contributed by atoms with Crippen LogP contribution in [-0.4, -0.2) is 19.2 Å². The Bertz CT molecular complexity index is 1010. The van der Waals surface area contributed by atoms with Crippen molar-refractivity contribution in [3.8, 4) is 23.0 Å². The summed E-state index contributed by atoms with van der Waals surface area (Å²) in [5.74, 6) is 6.31. The highest BCUT2D eigenvalue weighted by molar-refractivity contribution is 7.08. The summed E-state index contributed by atoms with van der Waals surface area (Å²) in [5.41, 5.74) is 7.15. The van der Waals surface area contributed by atoms with Crippen molar-refractivity contribution in [1.82, 2.24) is 5.32 Å². The second-order valence-electron chi connectivity index (χ2n) is 6.77. The molecule has 1 aliphatic carbocycles. The Balaban J connectivity index is 1.31. The lowest BCUT2D eigenvalue weighted by Gasteiger charge is -2.14. The number of hydrogen-bond donors (Lipinski definition) is 1. The van der Waals surface area contributed by atoms with Crippen LogP contribution in [0.3, 0.4) is 0 Å². The molecule has 140 valence electrons. The van der Waals surface area contributed by atoms with Crippen LogP contribution in [0.2, 0.25) is 0 Å². The maximum Gasteiger partial charge on any atom is 0.407 e. The van der Waals surface area contributed by atoms with Gasteiger partial charge in [-0.2, -0.15) is 11.3 Å². The van der Waals surface area contributed by atoms with Crippen LogP contribution < -0.4 is 5.32 Å². The maximum atomic E-state index is 12.1. The first-order valence-corrected chi connectivity index (χ1v) is 10.3. The van der Waals surface area contributed by atoms with E-state index < -0.39 is 6.09 Å². The van der Waals surface area contributed by atoms with Crippen molar-refractivity contribution in [3.63, 3.8) is 0 Å². The molecule has 0 unspecified atom stereocenters. The van der Waals surface area contributed by atoms with E-state index in [1.165, 1.54) is 27.8 Å². The zero-order valence-corrected chi connectivity index (χ0v) is 16.5. The molecule has 1 N–H and O–H groups in total. The fourth-order valence-electron chi connectivity index (χ4n) is 3.52. The smallest absolute Gasteiger partial charge is 0.407 e. The monoisotopic (exact) mass is 387 g/mol. The summed E-state index contributed by atoms with van der Waals surface area (Å²) in [6.45, 7) is 2.86. The van der Waals surface area contributed by atoms with E-state index in [9.17, 15) is 4.79 Å². The Morgan fingerprint density at radius 3 is 2.39 bits per heavy atom. The number of ether oxygens (including phenoxy) is 1. The zero-order chi connectivity index (χ0) is 19.3. The molecule has 1 aromatic heterocycles. The van der Waals surface area contributed by atoms with Gasteiger partial charge in [0.1, 0.15) is 6.61 Å². The lowest BCUT2D eigenvalue weighted by Crippen LogP contribution is -2.26. The highest BCUT2D eigenvalue weighted by atomic mass is 32.1. The number of thiophene rings is 1. The zero-order valence-electron chi connectivity index (χ0n) is 15.7. The Labute approximate surface area is 169 Å². The van der Waals surface area contributed by atoms with Crippen LogP contribution in [0.5, 0.6) is 0 Å². The quantitative estimate of drug-likeness (QED) is 0.485. The van der Waals surface area contributed by atoms with Gasteiger partial charge in [-0.1, -0.05) is 60.4 Å². The van der Waals surface area contributed by atoms with Crippen LogP contribution in [0.15, 0.2) is 59.3 Å². The molecule has 0 bridgehead atoms. The minimum atomic E-state index is -0.393. The van der Waals surface area contributed by atoms with Gasteiger partial charge in [0.2, 0.25) is 0 Å². The molecule has 0 atom stereocenters. The lowest BCUT2D eigenvalue weighted by atomic mass is 9.98. The molecule has 0 fully saturated rings. The van der Waals surface area contributed by atoms with Crippen molar-refractivity contribution < 1.29 is 9.53 Å². The predicted molar refractivity (Wildman–Crippen MR) is 114 cm³/mol. The van der Waals surface area contributed by atoms with Crippen molar-refractivity contribution in [2.45, 2.75) is 19.3 Å². The molecule has 1 amide bonds. The number of rotatable bonds is 4. The lowest BCUT2D eigenvalue weighted by molar-refractivity contribution is 0.143. The van der Waals surface area contributed by atoms with Gasteiger partial charge >= 0.3 is 6.09 Å². The standard InChI is InChI=1S/C24H21NO2S/c1-17-15-28-16-18(17)8-6-7-13-25-24(26)27-14-23-21-11-4-2-9-19(21)20-10-3-5-12-22(20)23/h2-5,9-12,15-16,23H,7,13-14H2,1H3,(H,25,26). The van der Waals surface area contributed by atoms with Gasteiger partial charge in [-0.3, -0.25) is 0 Å². The fraction of sp³-hybridized carbons (Fsp3) is 0.208. The number of carbonyl (C=O) groups excluding carboxylic acids is 1. The third-order valence-electron chi connectivity index (χ3n) is 4.94. The van der Waals surface area contributed by atoms with Gasteiger partial charge in [-0.05, 0) is 40.1 Å². The van der Waals surface area contributed by atoms with Gasteiger partial charge in [0, 0.05) is 29.8 Å². The van der Waals surface area contributed by atoms with Crippen LogP contribution in [0, 0.1) is 18.8 Å². The first kappa shape index (κ1) is 18.3. The van der Waals surface area contributed by atoms with Gasteiger partial charge in [0.25, 0.3) is 0 Å². The summed E-state index contributed by atoms with van der Waals surface area (Å²) in [6.07, 6.45) is 0.204. The van der Waals surface area contributed by atoms with Crippen LogP contribution in [0.1, 0.15) is 34.6 Å². The van der Waals surface area contributed by atoms with E-state index in [1.807, 2.05) is 29.6 Å². The van der Waals surface area contributed by atoms with Crippen LogP contribution in [-0.2, 0) is 4.74 Å². The average Bonchev–Trinajstić information content (AvgIpc) is 3.27. The van der Waals surface area contributed by atoms with E-state index in [1.54, 1.807) is 11.3 Å². The van der Waals surface area contributed by atoms with Crippen molar-refractivity contribution >= 4 is 17.4 Å². The summed E-state index contributed by atoms with van der Waals surface area (Å²) in [7, 11) is 0. The number of alkyl carbamates (subject to hydrolysis) is 1. The van der Waals surface area contributed by atoms with Gasteiger partial charge in [-0.25, -0.2) is 4.79 Å². The SMILES string of the molecule is Cc1cscc1C#CCCNC(=O)OCC1c2ccccc2-c2ccccc21. The molecule has 1 aliphatic rings. The molecule has 0 saturated carbocycles. The van der Waals surface area contributed by atoms with Crippen molar-refractivity contribution in [2.24, 2.45) is 0 Å². The number of fused-ring (bicyclic) bond motifs is 3. The van der Waals surface area contributed by atoms with Crippen molar-refractivity contribution in [3.05, 3.63) is 81.5 Å². The predicted octanol–water partition coefficient (Wildman–Crippen LogP) is 5.34. The Morgan fingerprint density at radius 1 is 1.07 bits per heavy atom. The molecule has 2 aromatic carbocycles. The second-order valence-corrected chi connectivity index (χ2v) is 7.52. The Hall–Kier alpha value is -3.03. The first-order chi connectivity index (χ1) is 13.7. The third kappa shape index (κ3) is 3.81. The summed E-state index contributed by atoms with van der Waals surface area (Å²) >= 11 is 1.65. The molecule has 1 heterocycles. The fourth-order valence-corrected chi connectivity index (χ4v) is 4.30. The molecule has 3 aromatic rings. The Morgan fingerprint density at radius 2 is 1.75 bits per heavy atom. The van der Waals surface area contributed by atoms with Gasteiger partial charge in [0.15, 0.2) is 0 Å². The summed E-state index contributed by atoms with van der Waals surface area (Å²) in [4.78, 5) is 12.1. The average molecular weight is 388 g/mol. The minimum absolute atomic E-state index is 0.0829. The second kappa shape index (κ2) is 8.33. The molecule has 4 heteroatoms. The first-order valence-electron chi connectivity index (χ1n) is 9.34. The van der Waals surface area contributed by atoms with E-state index in [4.69, 9.17) is 4.74 Å². The van der Waals surface area contributed by atoms with Crippen molar-refractivity contribution in [1.29, 1.82) is 0 Å². The molecule has 4 rings (SSSR count). The number of benzene rings is 2. The molecular weight excluding hydrogens is 366 g/mol. The summed E-state index contributed by atoms with van der Waals surface area (Å²) in [6, 6.07) is 16.6. The van der Waals surface area contributed by atoms with Crippen LogP contribution in [0.25, 0.3) is 11.1 Å². The normalized spacial score (nSPS) is 11.9. The number of carbonyl (C=O) groups is 1. The highest BCUT2D eigenvalue weighted by Crippen LogP contribution is 2.44. The molecular formula is C24H21NO2S. The third-order valence-corrected chi connectivity index (χ3v) is 5.80. The number of amides is 1. The number of hydrogen-bond acceptors (Lipinski definition) is 3. The molecule has 0 spiro atoms. The number of nitrogens with one attached hydrogen (secondary N) is 1. The topological polar surface area (TPSA) is 38.3 Å². The molecule has 0 aliphatic heterocycles. The molecule has 0 saturated heterocycles. The largest absolute Gasteiger partial charge is 0.449 e. The molecule has 3 nitrogen and oxygen atoms in total. The van der Waals surface area contributed by atoms with E-state index in [-0.39, 0.29) is 5.92 Å². The summed E-state index contributed by atoms with van der Waals surface area (Å²) < 4.78 is 5.51. The van der Waals surface area contributed by atoms with E-state index in [0.29, 0.717) is 19.6 Å². The van der Waals surface area contributed by atoms with Gasteiger partial charge < -0.3 is 10.1 Å². The summed E-state index contributed by atoms with van der Waals surface area (Å²) in [5, 5.41) is 6.91. The Kier molecular flexibility index (Phi) is 5.45. The maximum absolute atomic E-state index is 12.1. The van der Waals surface area contributed by atoms with E-state index in [2.05, 4.69) is 53.7 Å². The minimum Gasteiger partial charge on any atom is -0.449 e. The van der Waals surface area contributed by atoms with E-state index >= 15 is 0 Å². The number of aryl methyl sites for hydroxylation is 1. The molecule has 0 radical (unpaired) electrons. The van der Waals surface area contributed by atoms with Crippen LogP contribution >= 0.6 is 11.3 Å². The van der Waals surface area contributed by atoms with Crippen LogP contribution in [0.4, 0.5) is 4.79 Å². The van der Waals surface area contributed by atoms with Gasteiger partial charge in [0.05, 0.1) is 0 Å². The van der Waals surface area contributed by atoms with E-state index in [0.717, 1.165) is 5.56 Å². The van der Waals surface area contributed by atoms with Crippen molar-refractivity contribution in [2.75, 3.05) is 13.2 Å². The van der Waals surface area contributed by atoms with Gasteiger partial charge in [-0.15, -0.1) is 0 Å². The highest BCUT2D eigenvalue weighted by Gasteiger charge is 2.28. The molecule has 28 heavy (non-hydrogen) atoms.